The Morgan fingerprint density at radius 3 is 2.29 bits per heavy atom. The highest BCUT2D eigenvalue weighted by Crippen LogP contribution is 2.27. The number of para-hydroxylation sites is 1. The number of nitrogens with zero attached hydrogens (tertiary/aromatic N) is 8. The molecule has 3 aliphatic rings. The number of morpholine rings is 1. The first kappa shape index (κ1) is 30.5. The van der Waals surface area contributed by atoms with Gasteiger partial charge in [-0.2, -0.15) is 14.9 Å². The molecule has 3 aliphatic heterocycles. The maximum Gasteiger partial charge on any atom is 0.297 e. The lowest BCUT2D eigenvalue weighted by atomic mass is 10.1. The molecule has 12 heteroatoms. The van der Waals surface area contributed by atoms with Crippen molar-refractivity contribution in [3.05, 3.63) is 76.7 Å². The van der Waals surface area contributed by atoms with Gasteiger partial charge in [0.1, 0.15) is 5.69 Å². The lowest BCUT2D eigenvalue weighted by Crippen LogP contribution is -2.49. The van der Waals surface area contributed by atoms with E-state index in [-0.39, 0.29) is 17.4 Å². The van der Waals surface area contributed by atoms with Crippen LogP contribution in [0.4, 0.5) is 17.1 Å². The predicted molar refractivity (Wildman–Crippen MR) is 175 cm³/mol. The molecule has 0 N–H and O–H groups in total. The topological polar surface area (TPSA) is 107 Å². The molecule has 0 unspecified atom stereocenters. The van der Waals surface area contributed by atoms with E-state index in [4.69, 9.17) is 4.74 Å². The molecule has 0 radical (unpaired) electrons. The average Bonchev–Trinajstić information content (AvgIpc) is 3.42. The Balaban J connectivity index is 1.15. The first-order valence-corrected chi connectivity index (χ1v) is 15.6. The smallest absolute Gasteiger partial charge is 0.297 e. The highest BCUT2D eigenvalue weighted by atomic mass is 16.5. The maximum absolute atomic E-state index is 14.0. The Hall–Kier alpha value is -4.55. The molecular formula is C33H40N8O4. The molecule has 45 heavy (non-hydrogen) atoms. The van der Waals surface area contributed by atoms with Crippen LogP contribution in [0.3, 0.4) is 0 Å². The molecule has 12 nitrogen and oxygen atoms in total. The number of piperazine rings is 1. The minimum absolute atomic E-state index is 0.0632. The number of hydrogen-bond donors (Lipinski definition) is 0. The fraction of sp³-hybridized carbons (Fsp3) is 0.424. The molecule has 1 aromatic heterocycles. The van der Waals surface area contributed by atoms with E-state index < -0.39 is 0 Å². The van der Waals surface area contributed by atoms with Gasteiger partial charge in [0.05, 0.1) is 42.9 Å². The van der Waals surface area contributed by atoms with Gasteiger partial charge in [0, 0.05) is 70.7 Å². The van der Waals surface area contributed by atoms with Gasteiger partial charge in [-0.25, -0.2) is 5.01 Å². The number of amides is 2. The molecule has 2 saturated heterocycles. The summed E-state index contributed by atoms with van der Waals surface area (Å²) in [6.45, 7) is 9.07. The number of ether oxygens (including phenoxy) is 1. The van der Waals surface area contributed by atoms with E-state index in [1.54, 1.807) is 30.5 Å². The molecule has 2 fully saturated rings. The number of hydrazone groups is 1. The minimum Gasteiger partial charge on any atom is -0.379 e. The first-order valence-electron chi connectivity index (χ1n) is 15.6. The van der Waals surface area contributed by atoms with E-state index in [1.165, 1.54) is 9.69 Å². The van der Waals surface area contributed by atoms with Crippen LogP contribution in [0.1, 0.15) is 30.1 Å². The van der Waals surface area contributed by atoms with E-state index in [2.05, 4.69) is 24.9 Å². The van der Waals surface area contributed by atoms with Crippen molar-refractivity contribution in [2.75, 3.05) is 87.4 Å². The normalized spacial score (nSPS) is 17.5. The van der Waals surface area contributed by atoms with E-state index in [1.807, 2.05) is 49.2 Å². The molecule has 6 rings (SSSR count). The second-order valence-electron chi connectivity index (χ2n) is 11.7. The number of aromatic nitrogens is 2. The number of carbonyl (C=O) groups excluding carboxylic acids is 2. The molecule has 4 heterocycles. The SMILES string of the molecule is CC1=NN(c2ccc(C(=O)N3CCN(c4cnn(-c5ccccc5)c(=O)c4N(C)CCCN4CCOCC4)CC3)cc2)C(=O)C1. The van der Waals surface area contributed by atoms with Crippen LogP contribution in [0, 0.1) is 0 Å². The van der Waals surface area contributed by atoms with Crippen LogP contribution in [-0.2, 0) is 9.53 Å². The summed E-state index contributed by atoms with van der Waals surface area (Å²) in [5.41, 5.74) is 3.93. The van der Waals surface area contributed by atoms with Gasteiger partial charge in [0.2, 0.25) is 0 Å². The van der Waals surface area contributed by atoms with Crippen molar-refractivity contribution >= 4 is 34.6 Å². The Morgan fingerprint density at radius 2 is 1.62 bits per heavy atom. The fourth-order valence-electron chi connectivity index (χ4n) is 6.08. The van der Waals surface area contributed by atoms with Crippen molar-refractivity contribution in [2.45, 2.75) is 19.8 Å². The van der Waals surface area contributed by atoms with Crippen molar-refractivity contribution in [3.63, 3.8) is 0 Å². The van der Waals surface area contributed by atoms with Crippen LogP contribution in [0.2, 0.25) is 0 Å². The lowest BCUT2D eigenvalue weighted by molar-refractivity contribution is -0.116. The molecule has 0 atom stereocenters. The maximum atomic E-state index is 14.0. The van der Waals surface area contributed by atoms with Crippen LogP contribution >= 0.6 is 0 Å². The number of rotatable bonds is 9. The quantitative estimate of drug-likeness (QED) is 0.363. The second kappa shape index (κ2) is 13.6. The summed E-state index contributed by atoms with van der Waals surface area (Å²) in [5, 5.41) is 10.2. The van der Waals surface area contributed by atoms with Gasteiger partial charge >= 0.3 is 0 Å². The summed E-state index contributed by atoms with van der Waals surface area (Å²) >= 11 is 0. The zero-order valence-corrected chi connectivity index (χ0v) is 26.0. The monoisotopic (exact) mass is 612 g/mol. The number of carbonyl (C=O) groups is 2. The predicted octanol–water partition coefficient (Wildman–Crippen LogP) is 2.47. The summed E-state index contributed by atoms with van der Waals surface area (Å²) in [7, 11) is 1.97. The zero-order chi connectivity index (χ0) is 31.3. The van der Waals surface area contributed by atoms with Gasteiger partial charge in [-0.1, -0.05) is 18.2 Å². The highest BCUT2D eigenvalue weighted by molar-refractivity contribution is 6.12. The number of hydrogen-bond acceptors (Lipinski definition) is 9. The molecule has 0 saturated carbocycles. The fourth-order valence-corrected chi connectivity index (χ4v) is 6.08. The molecular weight excluding hydrogens is 572 g/mol. The van der Waals surface area contributed by atoms with E-state index in [9.17, 15) is 14.4 Å². The van der Waals surface area contributed by atoms with Gasteiger partial charge in [-0.3, -0.25) is 19.3 Å². The second-order valence-corrected chi connectivity index (χ2v) is 11.7. The van der Waals surface area contributed by atoms with Gasteiger partial charge in [-0.05, 0) is 49.7 Å². The largest absolute Gasteiger partial charge is 0.379 e. The summed E-state index contributed by atoms with van der Waals surface area (Å²) in [5.74, 6) is -0.137. The molecule has 0 bridgehead atoms. The van der Waals surface area contributed by atoms with Crippen LogP contribution in [0.25, 0.3) is 5.69 Å². The van der Waals surface area contributed by atoms with Gasteiger partial charge in [-0.15, -0.1) is 0 Å². The third-order valence-electron chi connectivity index (χ3n) is 8.57. The number of benzene rings is 2. The zero-order valence-electron chi connectivity index (χ0n) is 26.0. The average molecular weight is 613 g/mol. The standard InChI is InChI=1S/C33H40N8O4/c1-25-23-30(42)40(35-25)28-11-9-26(10-12-28)32(43)39-17-15-38(16-18-39)29-24-34-41(27-7-4-3-5-8-27)33(44)31(29)36(2)13-6-14-37-19-21-45-22-20-37/h3-5,7-12,24H,6,13-23H2,1-2H3. The Bertz CT molecular complexity index is 1590. The number of anilines is 3. The highest BCUT2D eigenvalue weighted by Gasteiger charge is 2.28. The van der Waals surface area contributed by atoms with E-state index in [0.717, 1.165) is 62.9 Å². The van der Waals surface area contributed by atoms with E-state index >= 15 is 0 Å². The van der Waals surface area contributed by atoms with Gasteiger partial charge < -0.3 is 19.4 Å². The van der Waals surface area contributed by atoms with Gasteiger partial charge in [0.15, 0.2) is 0 Å². The minimum atomic E-state index is -0.165. The molecule has 0 aliphatic carbocycles. The van der Waals surface area contributed by atoms with Crippen molar-refractivity contribution in [1.29, 1.82) is 0 Å². The molecule has 2 aromatic carbocycles. The van der Waals surface area contributed by atoms with Crippen LogP contribution in [0.5, 0.6) is 0 Å². The van der Waals surface area contributed by atoms with Crippen molar-refractivity contribution in [3.8, 4) is 5.69 Å². The third-order valence-corrected chi connectivity index (χ3v) is 8.57. The molecule has 3 aromatic rings. The first-order chi connectivity index (χ1) is 21.9. The Morgan fingerprint density at radius 1 is 0.911 bits per heavy atom. The van der Waals surface area contributed by atoms with Crippen molar-refractivity contribution in [2.24, 2.45) is 5.10 Å². The van der Waals surface area contributed by atoms with Crippen molar-refractivity contribution < 1.29 is 14.3 Å². The van der Waals surface area contributed by atoms with Crippen molar-refractivity contribution in [1.82, 2.24) is 19.6 Å². The molecule has 2 amide bonds. The Labute approximate surface area is 263 Å². The summed E-state index contributed by atoms with van der Waals surface area (Å²) in [4.78, 5) is 48.0. The van der Waals surface area contributed by atoms with Gasteiger partial charge in [0.25, 0.3) is 17.4 Å². The Kier molecular flexibility index (Phi) is 9.22. The van der Waals surface area contributed by atoms with E-state index in [0.29, 0.717) is 49.5 Å². The third kappa shape index (κ3) is 6.76. The molecule has 236 valence electrons. The summed E-state index contributed by atoms with van der Waals surface area (Å²) in [6, 6.07) is 16.5. The lowest BCUT2D eigenvalue weighted by Gasteiger charge is -2.37. The van der Waals surface area contributed by atoms with Crippen LogP contribution < -0.4 is 20.4 Å². The summed E-state index contributed by atoms with van der Waals surface area (Å²) < 4.78 is 6.94. The van der Waals surface area contributed by atoms with Crippen LogP contribution in [-0.4, -0.2) is 110 Å². The van der Waals surface area contributed by atoms with Crippen LogP contribution in [0.15, 0.2) is 70.7 Å². The molecule has 0 spiro atoms. The summed E-state index contributed by atoms with van der Waals surface area (Å²) in [6.07, 6.45) is 3.01.